The fourth-order valence-electron chi connectivity index (χ4n) is 0.924. The average Bonchev–Trinajstić information content (AvgIpc) is 2.48. The monoisotopic (exact) mass is 198 g/mol. The molecule has 0 unspecified atom stereocenters. The summed E-state index contributed by atoms with van der Waals surface area (Å²) in [6.07, 6.45) is 2.49. The Morgan fingerprint density at radius 2 is 2.38 bits per heavy atom. The maximum Gasteiger partial charge on any atom is 0.264 e. The van der Waals surface area contributed by atoms with E-state index in [0.717, 1.165) is 0 Å². The Bertz CT molecular complexity index is 529. The van der Waals surface area contributed by atoms with Crippen LogP contribution in [0.1, 0.15) is 10.4 Å². The van der Waals surface area contributed by atoms with E-state index in [2.05, 4.69) is 15.1 Å². The molecule has 66 valence electrons. The first kappa shape index (κ1) is 7.93. The van der Waals surface area contributed by atoms with Crippen LogP contribution in [0.5, 0.6) is 0 Å². The van der Waals surface area contributed by atoms with Gasteiger partial charge >= 0.3 is 0 Å². The van der Waals surface area contributed by atoms with Crippen LogP contribution < -0.4 is 5.56 Å². The Labute approximate surface area is 76.2 Å². The Morgan fingerprint density at radius 1 is 1.62 bits per heavy atom. The normalized spacial score (nSPS) is 10.5. The number of hydrogen-bond acceptors (Lipinski definition) is 4. The second kappa shape index (κ2) is 2.67. The van der Waals surface area contributed by atoms with Gasteiger partial charge in [-0.1, -0.05) is 0 Å². The van der Waals surface area contributed by atoms with Gasteiger partial charge in [-0.3, -0.25) is 14.6 Å². The number of halogens is 1. The SMILES string of the molecule is O=C(Cl)c1cn2ncnc2[nH]c1=O. The van der Waals surface area contributed by atoms with E-state index in [1.54, 1.807) is 0 Å². The zero-order valence-corrected chi connectivity index (χ0v) is 6.95. The third-order valence-electron chi connectivity index (χ3n) is 1.51. The maximum atomic E-state index is 11.1. The van der Waals surface area contributed by atoms with Crippen LogP contribution in [0.2, 0.25) is 0 Å². The van der Waals surface area contributed by atoms with E-state index in [4.69, 9.17) is 11.6 Å². The Morgan fingerprint density at radius 3 is 3.08 bits per heavy atom. The second-order valence-electron chi connectivity index (χ2n) is 2.30. The first-order valence-electron chi connectivity index (χ1n) is 3.31. The molecule has 2 rings (SSSR count). The molecule has 0 amide bonds. The van der Waals surface area contributed by atoms with Gasteiger partial charge in [-0.05, 0) is 11.6 Å². The largest absolute Gasteiger partial charge is 0.290 e. The molecule has 0 saturated heterocycles. The fourth-order valence-corrected chi connectivity index (χ4v) is 1.06. The van der Waals surface area contributed by atoms with E-state index in [9.17, 15) is 9.59 Å². The van der Waals surface area contributed by atoms with Crippen molar-refractivity contribution >= 4 is 22.6 Å². The Hall–Kier alpha value is -1.69. The van der Waals surface area contributed by atoms with Crippen LogP contribution in [0, 0.1) is 0 Å². The molecule has 0 atom stereocenters. The van der Waals surface area contributed by atoms with Gasteiger partial charge in [0, 0.05) is 0 Å². The van der Waals surface area contributed by atoms with Gasteiger partial charge in [0.15, 0.2) is 0 Å². The number of aromatic nitrogens is 4. The van der Waals surface area contributed by atoms with E-state index < -0.39 is 10.8 Å². The van der Waals surface area contributed by atoms with Crippen LogP contribution in [0.4, 0.5) is 0 Å². The molecule has 0 aliphatic carbocycles. The molecule has 1 N–H and O–H groups in total. The van der Waals surface area contributed by atoms with Gasteiger partial charge in [0.05, 0.1) is 6.20 Å². The summed E-state index contributed by atoms with van der Waals surface area (Å²) in [5.74, 6) is 0.270. The van der Waals surface area contributed by atoms with E-state index in [0.29, 0.717) is 0 Å². The number of hydrogen-bond donors (Lipinski definition) is 1. The number of carbonyl (C=O) groups excluding carboxylic acids is 1. The Kier molecular flexibility index (Phi) is 1.63. The minimum atomic E-state index is -0.821. The number of fused-ring (bicyclic) bond motifs is 1. The predicted molar refractivity (Wildman–Crippen MR) is 43.8 cm³/mol. The summed E-state index contributed by atoms with van der Waals surface area (Å²) in [5.41, 5.74) is -0.722. The van der Waals surface area contributed by atoms with E-state index in [1.165, 1.54) is 17.0 Å². The van der Waals surface area contributed by atoms with E-state index in [-0.39, 0.29) is 11.3 Å². The summed E-state index contributed by atoms with van der Waals surface area (Å²) in [6, 6.07) is 0. The summed E-state index contributed by atoms with van der Waals surface area (Å²) < 4.78 is 1.26. The lowest BCUT2D eigenvalue weighted by Gasteiger charge is -1.93. The lowest BCUT2D eigenvalue weighted by Crippen LogP contribution is -2.17. The third kappa shape index (κ3) is 1.20. The molecule has 0 fully saturated rings. The minimum absolute atomic E-state index is 0.153. The number of H-pyrrole nitrogens is 1. The number of rotatable bonds is 1. The Balaban J connectivity index is 2.84. The number of aromatic amines is 1. The smallest absolute Gasteiger partial charge is 0.264 e. The zero-order chi connectivity index (χ0) is 9.42. The molecule has 2 aromatic rings. The molecule has 0 spiro atoms. The van der Waals surface area contributed by atoms with Crippen molar-refractivity contribution in [2.24, 2.45) is 0 Å². The van der Waals surface area contributed by atoms with Crippen molar-refractivity contribution in [2.75, 3.05) is 0 Å². The van der Waals surface area contributed by atoms with Crippen molar-refractivity contribution in [3.05, 3.63) is 28.4 Å². The average molecular weight is 199 g/mol. The first-order chi connectivity index (χ1) is 6.18. The highest BCUT2D eigenvalue weighted by Gasteiger charge is 2.09. The van der Waals surface area contributed by atoms with Crippen LogP contribution in [-0.4, -0.2) is 24.8 Å². The lowest BCUT2D eigenvalue weighted by atomic mass is 10.4. The second-order valence-corrected chi connectivity index (χ2v) is 2.64. The summed E-state index contributed by atoms with van der Waals surface area (Å²) in [6.45, 7) is 0. The van der Waals surface area contributed by atoms with Gasteiger partial charge in [-0.15, -0.1) is 0 Å². The topological polar surface area (TPSA) is 80.1 Å². The molecule has 0 bridgehead atoms. The molecule has 0 aliphatic heterocycles. The van der Waals surface area contributed by atoms with Crippen LogP contribution >= 0.6 is 11.6 Å². The van der Waals surface area contributed by atoms with E-state index in [1.807, 2.05) is 0 Å². The third-order valence-corrected chi connectivity index (χ3v) is 1.71. The van der Waals surface area contributed by atoms with Crippen molar-refractivity contribution in [2.45, 2.75) is 0 Å². The summed E-state index contributed by atoms with van der Waals surface area (Å²) in [4.78, 5) is 27.9. The van der Waals surface area contributed by atoms with Crippen molar-refractivity contribution in [1.29, 1.82) is 0 Å². The van der Waals surface area contributed by atoms with Crippen LogP contribution in [-0.2, 0) is 0 Å². The van der Waals surface area contributed by atoms with Gasteiger partial charge in [-0.2, -0.15) is 10.1 Å². The van der Waals surface area contributed by atoms with Crippen LogP contribution in [0.15, 0.2) is 17.3 Å². The predicted octanol–water partition coefficient (Wildman–Crippen LogP) is -0.203. The molecule has 2 aromatic heterocycles. The highest BCUT2D eigenvalue weighted by molar-refractivity contribution is 6.67. The summed E-state index contributed by atoms with van der Waals surface area (Å²) in [5, 5.41) is 2.91. The number of nitrogens with one attached hydrogen (secondary N) is 1. The van der Waals surface area contributed by atoms with Gasteiger partial charge in [0.1, 0.15) is 11.9 Å². The zero-order valence-electron chi connectivity index (χ0n) is 6.19. The van der Waals surface area contributed by atoms with Crippen molar-refractivity contribution in [3.63, 3.8) is 0 Å². The molecule has 0 radical (unpaired) electrons. The molecule has 0 aromatic carbocycles. The molecule has 7 heteroatoms. The van der Waals surface area contributed by atoms with Crippen LogP contribution in [0.3, 0.4) is 0 Å². The molecule has 6 nitrogen and oxygen atoms in total. The minimum Gasteiger partial charge on any atom is -0.290 e. The molecular formula is C6H3ClN4O2. The van der Waals surface area contributed by atoms with Crippen molar-refractivity contribution < 1.29 is 4.79 Å². The fraction of sp³-hybridized carbons (Fsp3) is 0. The van der Waals surface area contributed by atoms with Gasteiger partial charge in [0.2, 0.25) is 5.78 Å². The highest BCUT2D eigenvalue weighted by atomic mass is 35.5. The van der Waals surface area contributed by atoms with Crippen molar-refractivity contribution in [1.82, 2.24) is 19.6 Å². The summed E-state index contributed by atoms with van der Waals surface area (Å²) in [7, 11) is 0. The standard InChI is InChI=1S/C6H3ClN4O2/c7-4(12)3-1-11-6(8-2-9-11)10-5(3)13/h1-2H,(H,8,9,10,13). The molecular weight excluding hydrogens is 196 g/mol. The quantitative estimate of drug-likeness (QED) is 0.644. The summed E-state index contributed by atoms with van der Waals surface area (Å²) >= 11 is 5.16. The first-order valence-corrected chi connectivity index (χ1v) is 3.69. The van der Waals surface area contributed by atoms with Crippen molar-refractivity contribution in [3.8, 4) is 0 Å². The lowest BCUT2D eigenvalue weighted by molar-refractivity contribution is 0.107. The molecule has 13 heavy (non-hydrogen) atoms. The number of nitrogens with zero attached hydrogens (tertiary/aromatic N) is 3. The maximum absolute atomic E-state index is 11.1. The highest BCUT2D eigenvalue weighted by Crippen LogP contribution is 1.97. The number of carbonyl (C=O) groups is 1. The van der Waals surface area contributed by atoms with Gasteiger partial charge < -0.3 is 0 Å². The molecule has 2 heterocycles. The molecule has 0 saturated carbocycles. The molecule has 0 aliphatic rings. The van der Waals surface area contributed by atoms with Gasteiger partial charge in [-0.25, -0.2) is 4.52 Å². The van der Waals surface area contributed by atoms with Crippen LogP contribution in [0.25, 0.3) is 5.78 Å². The van der Waals surface area contributed by atoms with Gasteiger partial charge in [0.25, 0.3) is 10.8 Å². The van der Waals surface area contributed by atoms with E-state index >= 15 is 0 Å².